The maximum absolute atomic E-state index is 13.3. The monoisotopic (exact) mass is 494 g/mol. The predicted octanol–water partition coefficient (Wildman–Crippen LogP) is 4.01. The van der Waals surface area contributed by atoms with Crippen LogP contribution in [-0.2, 0) is 9.59 Å². The molecule has 2 heterocycles. The molecule has 0 aromatic heterocycles. The van der Waals surface area contributed by atoms with E-state index >= 15 is 0 Å². The van der Waals surface area contributed by atoms with Gasteiger partial charge in [-0.3, -0.25) is 9.59 Å². The molecule has 2 aliphatic rings. The number of carbonyl (C=O) groups excluding carboxylic acids is 2. The zero-order valence-corrected chi connectivity index (χ0v) is 21.2. The summed E-state index contributed by atoms with van der Waals surface area (Å²) in [5.74, 6) is 0.257. The Kier molecular flexibility index (Phi) is 8.15. The molecule has 0 spiro atoms. The van der Waals surface area contributed by atoms with Gasteiger partial charge < -0.3 is 29.1 Å². The van der Waals surface area contributed by atoms with Gasteiger partial charge in [-0.2, -0.15) is 0 Å². The second-order valence-electron chi connectivity index (χ2n) is 8.73. The smallest absolute Gasteiger partial charge is 0.295 e. The molecule has 1 atom stereocenters. The number of aliphatic hydroxyl groups excluding tert-OH is 1. The van der Waals surface area contributed by atoms with Crippen molar-refractivity contribution in [1.82, 2.24) is 9.80 Å². The number of ether oxygens (including phenoxy) is 3. The van der Waals surface area contributed by atoms with Crippen LogP contribution in [0, 0.1) is 0 Å². The average molecular weight is 495 g/mol. The highest BCUT2D eigenvalue weighted by molar-refractivity contribution is 6.46. The Morgan fingerprint density at radius 1 is 1.03 bits per heavy atom. The van der Waals surface area contributed by atoms with Crippen LogP contribution in [0.1, 0.15) is 44.4 Å². The molecule has 36 heavy (non-hydrogen) atoms. The minimum atomic E-state index is -0.703. The molecular weight excluding hydrogens is 460 g/mol. The van der Waals surface area contributed by atoms with E-state index in [4.69, 9.17) is 14.2 Å². The topological polar surface area (TPSA) is 88.5 Å². The highest BCUT2D eigenvalue weighted by Gasteiger charge is 2.45. The average Bonchev–Trinajstić information content (AvgIpc) is 3.16. The van der Waals surface area contributed by atoms with Crippen molar-refractivity contribution >= 4 is 17.4 Å². The molecule has 2 aromatic rings. The summed E-state index contributed by atoms with van der Waals surface area (Å²) in [6, 6.07) is 11.6. The molecule has 0 radical (unpaired) electrons. The van der Waals surface area contributed by atoms with Crippen molar-refractivity contribution in [1.29, 1.82) is 0 Å². The standard InChI is InChI=1S/C28H34N2O6/c1-4-29(5-2)14-7-15-30-25(19-8-11-21(12-9-19)34-6-3)24(27(32)28(30)33)26(31)20-10-13-22-23(18-20)36-17-16-35-22/h8-13,18,25,31H,4-7,14-17H2,1-3H3/t25-/m0/s1. The van der Waals surface area contributed by atoms with Gasteiger partial charge in [-0.05, 0) is 68.9 Å². The lowest BCUT2D eigenvalue weighted by Gasteiger charge is -2.27. The maximum Gasteiger partial charge on any atom is 0.295 e. The van der Waals surface area contributed by atoms with Gasteiger partial charge in [0.1, 0.15) is 24.7 Å². The van der Waals surface area contributed by atoms with E-state index in [9.17, 15) is 14.7 Å². The summed E-state index contributed by atoms with van der Waals surface area (Å²) in [4.78, 5) is 30.3. The molecule has 0 bridgehead atoms. The second kappa shape index (κ2) is 11.5. The van der Waals surface area contributed by atoms with Gasteiger partial charge in [0.25, 0.3) is 11.7 Å². The third-order valence-electron chi connectivity index (χ3n) is 6.63. The number of likely N-dealkylation sites (tertiary alicyclic amines) is 1. The van der Waals surface area contributed by atoms with Gasteiger partial charge in [-0.1, -0.05) is 26.0 Å². The zero-order chi connectivity index (χ0) is 25.7. The molecule has 0 aliphatic carbocycles. The molecule has 2 aromatic carbocycles. The van der Waals surface area contributed by atoms with Crippen molar-refractivity contribution < 1.29 is 28.9 Å². The largest absolute Gasteiger partial charge is 0.507 e. The Hall–Kier alpha value is -3.52. The summed E-state index contributed by atoms with van der Waals surface area (Å²) in [6.45, 7) is 10.6. The van der Waals surface area contributed by atoms with E-state index in [1.807, 2.05) is 31.2 Å². The number of rotatable bonds is 10. The van der Waals surface area contributed by atoms with E-state index in [-0.39, 0.29) is 11.3 Å². The fraction of sp³-hybridized carbons (Fsp3) is 0.429. The highest BCUT2D eigenvalue weighted by atomic mass is 16.6. The first-order valence-electron chi connectivity index (χ1n) is 12.6. The number of aliphatic hydroxyl groups is 1. The predicted molar refractivity (Wildman–Crippen MR) is 136 cm³/mol. The molecule has 8 heteroatoms. The quantitative estimate of drug-likeness (QED) is 0.303. The normalized spacial score (nSPS) is 18.7. The molecule has 1 amide bonds. The molecule has 4 rings (SSSR count). The van der Waals surface area contributed by atoms with E-state index in [0.717, 1.165) is 25.2 Å². The molecule has 192 valence electrons. The SMILES string of the molecule is CCOc1ccc([C@H]2C(=C(O)c3ccc4c(c3)OCCO4)C(=O)C(=O)N2CCCN(CC)CC)cc1. The Labute approximate surface area is 212 Å². The summed E-state index contributed by atoms with van der Waals surface area (Å²) in [7, 11) is 0. The molecule has 8 nitrogen and oxygen atoms in total. The first kappa shape index (κ1) is 25.6. The molecule has 1 saturated heterocycles. The van der Waals surface area contributed by atoms with Crippen molar-refractivity contribution in [2.75, 3.05) is 46.0 Å². The number of amides is 1. The van der Waals surface area contributed by atoms with Crippen LogP contribution >= 0.6 is 0 Å². The Bertz CT molecular complexity index is 1120. The van der Waals surface area contributed by atoms with E-state index in [0.29, 0.717) is 55.6 Å². The number of hydrogen-bond donors (Lipinski definition) is 1. The lowest BCUT2D eigenvalue weighted by atomic mass is 9.95. The number of Topliss-reactive ketones (excluding diaryl/α,β-unsaturated/α-hetero) is 1. The van der Waals surface area contributed by atoms with Crippen LogP contribution in [0.5, 0.6) is 17.2 Å². The summed E-state index contributed by atoms with van der Waals surface area (Å²) in [5, 5.41) is 11.3. The van der Waals surface area contributed by atoms with Gasteiger partial charge in [-0.15, -0.1) is 0 Å². The molecule has 1 N–H and O–H groups in total. The summed E-state index contributed by atoms with van der Waals surface area (Å²) < 4.78 is 16.8. The van der Waals surface area contributed by atoms with Gasteiger partial charge in [0.2, 0.25) is 0 Å². The number of fused-ring (bicyclic) bond motifs is 1. The molecule has 1 fully saturated rings. The van der Waals surface area contributed by atoms with Crippen molar-refractivity contribution in [2.45, 2.75) is 33.2 Å². The minimum Gasteiger partial charge on any atom is -0.507 e. The van der Waals surface area contributed by atoms with Crippen LogP contribution in [0.2, 0.25) is 0 Å². The van der Waals surface area contributed by atoms with Gasteiger partial charge >= 0.3 is 0 Å². The summed E-state index contributed by atoms with van der Waals surface area (Å²) >= 11 is 0. The van der Waals surface area contributed by atoms with Crippen molar-refractivity contribution in [3.05, 3.63) is 59.2 Å². The van der Waals surface area contributed by atoms with Crippen molar-refractivity contribution in [2.24, 2.45) is 0 Å². The van der Waals surface area contributed by atoms with E-state index in [2.05, 4.69) is 18.7 Å². The van der Waals surface area contributed by atoms with Crippen LogP contribution in [0.4, 0.5) is 0 Å². The zero-order valence-electron chi connectivity index (χ0n) is 21.2. The number of ketones is 1. The minimum absolute atomic E-state index is 0.0728. The first-order valence-corrected chi connectivity index (χ1v) is 12.6. The third-order valence-corrected chi connectivity index (χ3v) is 6.63. The first-order chi connectivity index (χ1) is 17.5. The molecule has 0 unspecified atom stereocenters. The Morgan fingerprint density at radius 2 is 1.72 bits per heavy atom. The van der Waals surface area contributed by atoms with E-state index < -0.39 is 17.7 Å². The van der Waals surface area contributed by atoms with Crippen LogP contribution in [0.25, 0.3) is 5.76 Å². The fourth-order valence-electron chi connectivity index (χ4n) is 4.72. The molecule has 0 saturated carbocycles. The van der Waals surface area contributed by atoms with Gasteiger partial charge in [0, 0.05) is 12.1 Å². The number of hydrogen-bond acceptors (Lipinski definition) is 7. The maximum atomic E-state index is 13.3. The Morgan fingerprint density at radius 3 is 2.39 bits per heavy atom. The molecule has 2 aliphatic heterocycles. The number of carbonyl (C=O) groups is 2. The van der Waals surface area contributed by atoms with E-state index in [1.165, 1.54) is 0 Å². The molecular formula is C28H34N2O6. The summed E-state index contributed by atoms with van der Waals surface area (Å²) in [5.41, 5.74) is 1.21. The van der Waals surface area contributed by atoms with Gasteiger partial charge in [-0.25, -0.2) is 0 Å². The number of nitrogens with zero attached hydrogens (tertiary/aromatic N) is 2. The highest BCUT2D eigenvalue weighted by Crippen LogP contribution is 2.41. The lowest BCUT2D eigenvalue weighted by molar-refractivity contribution is -0.140. The fourth-order valence-corrected chi connectivity index (χ4v) is 4.72. The van der Waals surface area contributed by atoms with Crippen LogP contribution in [0.15, 0.2) is 48.0 Å². The number of benzene rings is 2. The van der Waals surface area contributed by atoms with Crippen LogP contribution in [-0.4, -0.2) is 72.6 Å². The third kappa shape index (κ3) is 5.18. The van der Waals surface area contributed by atoms with Crippen LogP contribution < -0.4 is 14.2 Å². The van der Waals surface area contributed by atoms with Crippen molar-refractivity contribution in [3.8, 4) is 17.2 Å². The lowest BCUT2D eigenvalue weighted by Crippen LogP contribution is -2.33. The van der Waals surface area contributed by atoms with Gasteiger partial charge in [0.05, 0.1) is 18.2 Å². The second-order valence-corrected chi connectivity index (χ2v) is 8.73. The van der Waals surface area contributed by atoms with Crippen LogP contribution in [0.3, 0.4) is 0 Å². The van der Waals surface area contributed by atoms with Gasteiger partial charge in [0.15, 0.2) is 11.5 Å². The van der Waals surface area contributed by atoms with E-state index in [1.54, 1.807) is 23.1 Å². The summed E-state index contributed by atoms with van der Waals surface area (Å²) in [6.07, 6.45) is 0.715. The Balaban J connectivity index is 1.72. The van der Waals surface area contributed by atoms with Crippen molar-refractivity contribution in [3.63, 3.8) is 0 Å².